The van der Waals surface area contributed by atoms with E-state index in [4.69, 9.17) is 23.2 Å². The molecule has 0 N–H and O–H groups in total. The minimum Gasteiger partial charge on any atom is -0.123 e. The molecule has 0 saturated carbocycles. The van der Waals surface area contributed by atoms with Gasteiger partial charge in [-0.1, -0.05) is 36.2 Å². The monoisotopic (exact) mass is 206 g/mol. The van der Waals surface area contributed by atoms with E-state index in [0.29, 0.717) is 0 Å². The summed E-state index contributed by atoms with van der Waals surface area (Å²) in [6.45, 7) is 2.07. The summed E-state index contributed by atoms with van der Waals surface area (Å²) >= 11 is 13.5. The first-order valence-corrected chi connectivity index (χ1v) is 5.06. The van der Waals surface area contributed by atoms with Gasteiger partial charge in [-0.05, 0) is 17.9 Å². The largest absolute Gasteiger partial charge is 0.123 e. The molecule has 0 aliphatic rings. The molecule has 1 rings (SSSR count). The maximum Gasteiger partial charge on any atom is 0.0556 e. The molecule has 0 radical (unpaired) electrons. The van der Waals surface area contributed by atoms with Crippen molar-refractivity contribution in [1.82, 2.24) is 0 Å². The predicted molar refractivity (Wildman–Crippen MR) is 52.9 cm³/mol. The van der Waals surface area contributed by atoms with Crippen LogP contribution in [0.25, 0.3) is 0 Å². The summed E-state index contributed by atoms with van der Waals surface area (Å²) in [5.74, 6) is 0.990. The lowest BCUT2D eigenvalue weighted by molar-refractivity contribution is 1.43. The number of thioether (sulfide) groups is 1. The van der Waals surface area contributed by atoms with Crippen molar-refractivity contribution in [3.63, 3.8) is 0 Å². The second-order valence-electron chi connectivity index (χ2n) is 1.98. The number of halogens is 2. The highest BCUT2D eigenvalue weighted by Crippen LogP contribution is 2.33. The molecule has 0 amide bonds. The summed E-state index contributed by atoms with van der Waals surface area (Å²) in [4.78, 5) is 0.985. The SMILES string of the molecule is CCSc1c(Cl)cccc1Cl. The fourth-order valence-corrected chi connectivity index (χ4v) is 2.19. The molecular weight excluding hydrogens is 199 g/mol. The van der Waals surface area contributed by atoms with Crippen LogP contribution in [0.4, 0.5) is 0 Å². The number of hydrogen-bond acceptors (Lipinski definition) is 1. The van der Waals surface area contributed by atoms with Gasteiger partial charge in [0, 0.05) is 4.90 Å². The highest BCUT2D eigenvalue weighted by molar-refractivity contribution is 7.99. The summed E-state index contributed by atoms with van der Waals surface area (Å²) in [6.07, 6.45) is 0. The van der Waals surface area contributed by atoms with Crippen molar-refractivity contribution >= 4 is 35.0 Å². The Labute approximate surface area is 80.9 Å². The van der Waals surface area contributed by atoms with Crippen LogP contribution in [0.1, 0.15) is 6.92 Å². The molecular formula is C8H8Cl2S. The minimum atomic E-state index is 0.740. The third-order valence-corrected chi connectivity index (χ3v) is 3.08. The number of benzene rings is 1. The van der Waals surface area contributed by atoms with Gasteiger partial charge in [0.05, 0.1) is 10.0 Å². The van der Waals surface area contributed by atoms with E-state index in [1.807, 2.05) is 18.2 Å². The van der Waals surface area contributed by atoms with Crippen LogP contribution in [0.15, 0.2) is 23.1 Å². The molecule has 1 aromatic rings. The van der Waals surface area contributed by atoms with E-state index in [1.165, 1.54) is 0 Å². The van der Waals surface area contributed by atoms with E-state index in [9.17, 15) is 0 Å². The molecule has 0 aliphatic heterocycles. The molecule has 0 spiro atoms. The van der Waals surface area contributed by atoms with Gasteiger partial charge in [0.15, 0.2) is 0 Å². The molecule has 3 heteroatoms. The van der Waals surface area contributed by atoms with Crippen LogP contribution in [-0.4, -0.2) is 5.75 Å². The average Bonchev–Trinajstić information content (AvgIpc) is 1.97. The lowest BCUT2D eigenvalue weighted by Crippen LogP contribution is -1.76. The normalized spacial score (nSPS) is 10.1. The van der Waals surface area contributed by atoms with Gasteiger partial charge in [-0.15, -0.1) is 11.8 Å². The summed E-state index contributed by atoms with van der Waals surface area (Å²) in [5.41, 5.74) is 0. The van der Waals surface area contributed by atoms with E-state index in [1.54, 1.807) is 11.8 Å². The Kier molecular flexibility index (Phi) is 3.57. The van der Waals surface area contributed by atoms with Crippen LogP contribution in [-0.2, 0) is 0 Å². The highest BCUT2D eigenvalue weighted by atomic mass is 35.5. The lowest BCUT2D eigenvalue weighted by atomic mass is 10.4. The van der Waals surface area contributed by atoms with Crippen molar-refractivity contribution in [3.05, 3.63) is 28.2 Å². The van der Waals surface area contributed by atoms with E-state index >= 15 is 0 Å². The average molecular weight is 207 g/mol. The number of hydrogen-bond donors (Lipinski definition) is 0. The minimum absolute atomic E-state index is 0.740. The second kappa shape index (κ2) is 4.24. The summed E-state index contributed by atoms with van der Waals surface area (Å²) in [6, 6.07) is 5.56. The first-order chi connectivity index (χ1) is 5.25. The molecule has 1 aromatic carbocycles. The predicted octanol–water partition coefficient (Wildman–Crippen LogP) is 4.11. The van der Waals surface area contributed by atoms with Crippen molar-refractivity contribution < 1.29 is 0 Å². The van der Waals surface area contributed by atoms with Crippen LogP contribution < -0.4 is 0 Å². The van der Waals surface area contributed by atoms with Crippen molar-refractivity contribution in [2.75, 3.05) is 5.75 Å². The third kappa shape index (κ3) is 2.29. The Balaban J connectivity index is 3.00. The van der Waals surface area contributed by atoms with Crippen LogP contribution in [0, 0.1) is 0 Å². The van der Waals surface area contributed by atoms with Gasteiger partial charge >= 0.3 is 0 Å². The second-order valence-corrected chi connectivity index (χ2v) is 4.07. The molecule has 0 nitrogen and oxygen atoms in total. The molecule has 11 heavy (non-hydrogen) atoms. The topological polar surface area (TPSA) is 0 Å². The van der Waals surface area contributed by atoms with Gasteiger partial charge in [-0.25, -0.2) is 0 Å². The molecule has 0 aliphatic carbocycles. The van der Waals surface area contributed by atoms with E-state index in [0.717, 1.165) is 20.7 Å². The van der Waals surface area contributed by atoms with Gasteiger partial charge in [-0.3, -0.25) is 0 Å². The van der Waals surface area contributed by atoms with Crippen LogP contribution in [0.5, 0.6) is 0 Å². The Morgan fingerprint density at radius 3 is 2.27 bits per heavy atom. The zero-order valence-electron chi connectivity index (χ0n) is 6.10. The fourth-order valence-electron chi connectivity index (χ4n) is 0.765. The molecule has 0 unspecified atom stereocenters. The smallest absolute Gasteiger partial charge is 0.0556 e. The van der Waals surface area contributed by atoms with Gasteiger partial charge < -0.3 is 0 Å². The first kappa shape index (κ1) is 9.24. The van der Waals surface area contributed by atoms with E-state index in [2.05, 4.69) is 6.92 Å². The van der Waals surface area contributed by atoms with Crippen molar-refractivity contribution in [2.45, 2.75) is 11.8 Å². The fraction of sp³-hybridized carbons (Fsp3) is 0.250. The van der Waals surface area contributed by atoms with E-state index < -0.39 is 0 Å². The zero-order chi connectivity index (χ0) is 8.27. The molecule has 0 saturated heterocycles. The van der Waals surface area contributed by atoms with Crippen LogP contribution in [0.3, 0.4) is 0 Å². The van der Waals surface area contributed by atoms with Gasteiger partial charge in [0.2, 0.25) is 0 Å². The summed E-state index contributed by atoms with van der Waals surface area (Å²) in [7, 11) is 0. The zero-order valence-corrected chi connectivity index (χ0v) is 8.43. The van der Waals surface area contributed by atoms with Crippen molar-refractivity contribution in [2.24, 2.45) is 0 Å². The molecule has 0 bridgehead atoms. The number of rotatable bonds is 2. The maximum absolute atomic E-state index is 5.90. The van der Waals surface area contributed by atoms with Gasteiger partial charge in [0.1, 0.15) is 0 Å². The van der Waals surface area contributed by atoms with Crippen molar-refractivity contribution in [1.29, 1.82) is 0 Å². The molecule has 0 atom stereocenters. The standard InChI is InChI=1S/C8H8Cl2S/c1-2-11-8-6(9)4-3-5-7(8)10/h3-5H,2H2,1H3. The third-order valence-electron chi connectivity index (χ3n) is 1.21. The Bertz CT molecular complexity index is 228. The Morgan fingerprint density at radius 2 is 1.82 bits per heavy atom. The van der Waals surface area contributed by atoms with Gasteiger partial charge in [-0.2, -0.15) is 0 Å². The van der Waals surface area contributed by atoms with Crippen LogP contribution in [0.2, 0.25) is 10.0 Å². The highest BCUT2D eigenvalue weighted by Gasteiger charge is 2.03. The van der Waals surface area contributed by atoms with Gasteiger partial charge in [0.25, 0.3) is 0 Å². The molecule has 0 aromatic heterocycles. The quantitative estimate of drug-likeness (QED) is 0.657. The lowest BCUT2D eigenvalue weighted by Gasteiger charge is -2.02. The molecule has 0 heterocycles. The summed E-state index contributed by atoms with van der Waals surface area (Å²) < 4.78 is 0. The Hall–Kier alpha value is 0.150. The maximum atomic E-state index is 5.90. The van der Waals surface area contributed by atoms with E-state index in [-0.39, 0.29) is 0 Å². The molecule has 0 fully saturated rings. The van der Waals surface area contributed by atoms with Crippen LogP contribution >= 0.6 is 35.0 Å². The first-order valence-electron chi connectivity index (χ1n) is 3.32. The summed E-state index contributed by atoms with van der Waals surface area (Å²) in [5, 5.41) is 1.48. The van der Waals surface area contributed by atoms with Crippen molar-refractivity contribution in [3.8, 4) is 0 Å². The Morgan fingerprint density at radius 1 is 1.27 bits per heavy atom. The molecule has 60 valence electrons.